The summed E-state index contributed by atoms with van der Waals surface area (Å²) < 4.78 is 4.67. The highest BCUT2D eigenvalue weighted by Gasteiger charge is 2.11. The number of anilines is 1. The van der Waals surface area contributed by atoms with E-state index < -0.39 is 10.9 Å². The van der Waals surface area contributed by atoms with E-state index >= 15 is 0 Å². The van der Waals surface area contributed by atoms with Gasteiger partial charge in [0.2, 0.25) is 0 Å². The molecule has 1 aromatic carbocycles. The number of nitrogens with one attached hydrogen (secondary N) is 1. The van der Waals surface area contributed by atoms with Gasteiger partial charge in [-0.1, -0.05) is 11.6 Å². The molecule has 8 heteroatoms. The van der Waals surface area contributed by atoms with E-state index in [-0.39, 0.29) is 22.9 Å². The fourth-order valence-electron chi connectivity index (χ4n) is 1.23. The number of benzene rings is 1. The number of hydrogen-bond acceptors (Lipinski definition) is 6. The van der Waals surface area contributed by atoms with E-state index in [2.05, 4.69) is 10.1 Å². The molecule has 0 aromatic heterocycles. The van der Waals surface area contributed by atoms with Crippen LogP contribution in [0.15, 0.2) is 30.0 Å². The first kappa shape index (κ1) is 15.5. The quantitative estimate of drug-likeness (QED) is 0.294. The van der Waals surface area contributed by atoms with Gasteiger partial charge in [-0.25, -0.2) is 4.79 Å². The topological polar surface area (TPSA) is 105 Å². The highest BCUT2D eigenvalue weighted by atomic mass is 35.5. The fourth-order valence-corrected chi connectivity index (χ4v) is 1.46. The van der Waals surface area contributed by atoms with Gasteiger partial charge >= 0.3 is 5.97 Å². The maximum Gasteiger partial charge on any atom is 0.350 e. The zero-order valence-electron chi connectivity index (χ0n) is 10.4. The first-order valence-corrected chi connectivity index (χ1v) is 5.85. The first-order valence-electron chi connectivity index (χ1n) is 5.47. The zero-order chi connectivity index (χ0) is 15.1. The van der Waals surface area contributed by atoms with E-state index in [1.54, 1.807) is 13.0 Å². The van der Waals surface area contributed by atoms with Crippen LogP contribution in [0.1, 0.15) is 6.92 Å². The number of rotatable bonds is 5. The molecule has 0 saturated heterocycles. The molecule has 20 heavy (non-hydrogen) atoms. The van der Waals surface area contributed by atoms with Crippen LogP contribution in [0.3, 0.4) is 0 Å². The molecular weight excluding hydrogens is 286 g/mol. The number of nitro groups is 1. The lowest BCUT2D eigenvalue weighted by Gasteiger charge is -2.04. The maximum atomic E-state index is 11.3. The Morgan fingerprint density at radius 2 is 2.35 bits per heavy atom. The Labute approximate surface area is 119 Å². The number of nitriles is 1. The molecule has 0 radical (unpaired) electrons. The lowest BCUT2D eigenvalue weighted by molar-refractivity contribution is -0.384. The van der Waals surface area contributed by atoms with Gasteiger partial charge in [0.1, 0.15) is 6.07 Å². The normalized spacial score (nSPS) is 10.6. The minimum atomic E-state index is -0.763. The fraction of sp³-hybridized carbons (Fsp3) is 0.167. The first-order chi connectivity index (χ1) is 9.49. The van der Waals surface area contributed by atoms with Crippen molar-refractivity contribution >= 4 is 28.9 Å². The molecule has 7 nitrogen and oxygen atoms in total. The number of ether oxygens (including phenoxy) is 1. The summed E-state index contributed by atoms with van der Waals surface area (Å²) in [5.74, 6) is -0.763. The summed E-state index contributed by atoms with van der Waals surface area (Å²) >= 11 is 5.85. The van der Waals surface area contributed by atoms with E-state index in [0.29, 0.717) is 5.69 Å². The van der Waals surface area contributed by atoms with Gasteiger partial charge in [0.25, 0.3) is 5.69 Å². The van der Waals surface area contributed by atoms with Crippen LogP contribution in [-0.4, -0.2) is 17.5 Å². The third kappa shape index (κ3) is 3.96. The highest BCUT2D eigenvalue weighted by Crippen LogP contribution is 2.26. The Morgan fingerprint density at radius 1 is 1.65 bits per heavy atom. The van der Waals surface area contributed by atoms with Gasteiger partial charge in [0.05, 0.1) is 22.2 Å². The Bertz CT molecular complexity index is 607. The second-order valence-corrected chi connectivity index (χ2v) is 3.86. The highest BCUT2D eigenvalue weighted by molar-refractivity contribution is 6.33. The third-order valence-electron chi connectivity index (χ3n) is 2.15. The number of esters is 1. The van der Waals surface area contributed by atoms with Gasteiger partial charge in [0, 0.05) is 18.3 Å². The van der Waals surface area contributed by atoms with Gasteiger partial charge in [-0.3, -0.25) is 10.1 Å². The van der Waals surface area contributed by atoms with Crippen molar-refractivity contribution in [1.29, 1.82) is 5.26 Å². The van der Waals surface area contributed by atoms with Crippen LogP contribution >= 0.6 is 11.6 Å². The van der Waals surface area contributed by atoms with Crippen molar-refractivity contribution in [3.05, 3.63) is 45.1 Å². The molecule has 0 bridgehead atoms. The number of nitro benzene ring substituents is 1. The summed E-state index contributed by atoms with van der Waals surface area (Å²) in [4.78, 5) is 21.3. The SMILES string of the molecule is CCOC(=O)/C(C#N)=C\Nc1ccc([N+](=O)[O-])cc1Cl. The summed E-state index contributed by atoms with van der Waals surface area (Å²) in [6.07, 6.45) is 1.13. The molecule has 0 aliphatic rings. The van der Waals surface area contributed by atoms with E-state index in [0.717, 1.165) is 12.3 Å². The second-order valence-electron chi connectivity index (χ2n) is 3.46. The van der Waals surface area contributed by atoms with Crippen molar-refractivity contribution < 1.29 is 14.5 Å². The van der Waals surface area contributed by atoms with E-state index in [1.807, 2.05) is 0 Å². The Kier molecular flexibility index (Phi) is 5.50. The molecule has 0 spiro atoms. The standard InChI is InChI=1S/C12H10ClN3O4/c1-2-20-12(17)8(6-14)7-15-11-4-3-9(16(18)19)5-10(11)13/h3-5,7,15H,2H2,1H3/b8-7-. The van der Waals surface area contributed by atoms with Crippen molar-refractivity contribution in [1.82, 2.24) is 0 Å². The van der Waals surface area contributed by atoms with Crippen LogP contribution < -0.4 is 5.32 Å². The van der Waals surface area contributed by atoms with E-state index in [4.69, 9.17) is 16.9 Å². The molecule has 0 unspecified atom stereocenters. The van der Waals surface area contributed by atoms with Crippen LogP contribution in [0.25, 0.3) is 0 Å². The summed E-state index contributed by atoms with van der Waals surface area (Å²) in [6, 6.07) is 5.46. The predicted octanol–water partition coefficient (Wildman–Crippen LogP) is 2.63. The molecule has 0 aliphatic heterocycles. The van der Waals surface area contributed by atoms with Crippen molar-refractivity contribution in [3.8, 4) is 6.07 Å². The minimum Gasteiger partial charge on any atom is -0.462 e. The van der Waals surface area contributed by atoms with Crippen molar-refractivity contribution in [2.24, 2.45) is 0 Å². The summed E-state index contributed by atoms with van der Waals surface area (Å²) in [5.41, 5.74) is -0.0639. The van der Waals surface area contributed by atoms with Crippen molar-refractivity contribution in [2.45, 2.75) is 6.92 Å². The lowest BCUT2D eigenvalue weighted by Crippen LogP contribution is -2.08. The van der Waals surface area contributed by atoms with Gasteiger partial charge in [-0.05, 0) is 13.0 Å². The van der Waals surface area contributed by atoms with E-state index in [9.17, 15) is 14.9 Å². The van der Waals surface area contributed by atoms with Crippen LogP contribution in [0.4, 0.5) is 11.4 Å². The van der Waals surface area contributed by atoms with Crippen LogP contribution in [0, 0.1) is 21.4 Å². The van der Waals surface area contributed by atoms with Crippen LogP contribution in [0.2, 0.25) is 5.02 Å². The average molecular weight is 296 g/mol. The van der Waals surface area contributed by atoms with Gasteiger partial charge in [0.15, 0.2) is 5.57 Å². The summed E-state index contributed by atoms with van der Waals surface area (Å²) in [7, 11) is 0. The Morgan fingerprint density at radius 3 is 2.85 bits per heavy atom. The van der Waals surface area contributed by atoms with Crippen LogP contribution in [0.5, 0.6) is 0 Å². The predicted molar refractivity (Wildman–Crippen MR) is 72.1 cm³/mol. The number of carbonyl (C=O) groups excluding carboxylic acids is 1. The van der Waals surface area contributed by atoms with Gasteiger partial charge < -0.3 is 10.1 Å². The summed E-state index contributed by atoms with van der Waals surface area (Å²) in [6.45, 7) is 1.77. The maximum absolute atomic E-state index is 11.3. The van der Waals surface area contributed by atoms with Crippen molar-refractivity contribution in [3.63, 3.8) is 0 Å². The third-order valence-corrected chi connectivity index (χ3v) is 2.46. The smallest absolute Gasteiger partial charge is 0.350 e. The molecule has 0 amide bonds. The lowest BCUT2D eigenvalue weighted by atomic mass is 10.2. The number of nitrogens with zero attached hydrogens (tertiary/aromatic N) is 2. The Balaban J connectivity index is 2.91. The molecule has 1 rings (SSSR count). The summed E-state index contributed by atoms with van der Waals surface area (Å²) in [5, 5.41) is 22.1. The van der Waals surface area contributed by atoms with Gasteiger partial charge in [-0.2, -0.15) is 5.26 Å². The van der Waals surface area contributed by atoms with Crippen LogP contribution in [-0.2, 0) is 9.53 Å². The number of hydrogen-bond donors (Lipinski definition) is 1. The monoisotopic (exact) mass is 295 g/mol. The molecule has 0 aliphatic carbocycles. The largest absolute Gasteiger partial charge is 0.462 e. The zero-order valence-corrected chi connectivity index (χ0v) is 11.2. The van der Waals surface area contributed by atoms with Gasteiger partial charge in [-0.15, -0.1) is 0 Å². The molecule has 0 heterocycles. The number of non-ortho nitro benzene ring substituents is 1. The average Bonchev–Trinajstić information content (AvgIpc) is 2.41. The number of halogens is 1. The van der Waals surface area contributed by atoms with E-state index in [1.165, 1.54) is 12.1 Å². The second kappa shape index (κ2) is 7.11. The van der Waals surface area contributed by atoms with Crippen molar-refractivity contribution in [2.75, 3.05) is 11.9 Å². The molecular formula is C12H10ClN3O4. The molecule has 0 saturated carbocycles. The molecule has 1 N–H and O–H groups in total. The molecule has 104 valence electrons. The molecule has 0 atom stereocenters. The molecule has 1 aromatic rings. The minimum absolute atomic E-state index is 0.0941. The number of carbonyl (C=O) groups is 1. The Hall–Kier alpha value is -2.59. The molecule has 0 fully saturated rings.